The van der Waals surface area contributed by atoms with Gasteiger partial charge in [0.2, 0.25) is 11.8 Å². The highest BCUT2D eigenvalue weighted by Crippen LogP contribution is 2.32. The highest BCUT2D eigenvalue weighted by atomic mass is 32.1. The van der Waals surface area contributed by atoms with Crippen molar-refractivity contribution in [1.29, 1.82) is 0 Å². The Morgan fingerprint density at radius 3 is 2.53 bits per heavy atom. The van der Waals surface area contributed by atoms with Crippen molar-refractivity contribution in [2.24, 2.45) is 17.6 Å². The summed E-state index contributed by atoms with van der Waals surface area (Å²) < 4.78 is 0. The van der Waals surface area contributed by atoms with Gasteiger partial charge in [0.05, 0.1) is 18.6 Å². The molecular formula is C29H38N4O4S. The molecule has 9 heteroatoms. The standard InChI is InChI=1S/C29H38N4O4S/c1-4-19(3)26(30)29(37)33-17-23(34)27-22(33)12-14-32(27)25(35)16-18(2)11-13-31-28(36)21-9-7-20(8-10-21)24-6-5-15-38-24/h5-10,15,18-19,22,26-27H,4,11-14,16-17,30H2,1-3H3,(H,31,36). The van der Waals surface area contributed by atoms with E-state index in [1.165, 1.54) is 0 Å². The van der Waals surface area contributed by atoms with Crippen LogP contribution in [0.4, 0.5) is 0 Å². The van der Waals surface area contributed by atoms with Gasteiger partial charge in [-0.15, -0.1) is 11.3 Å². The van der Waals surface area contributed by atoms with E-state index in [1.54, 1.807) is 21.1 Å². The van der Waals surface area contributed by atoms with E-state index >= 15 is 0 Å². The SMILES string of the molecule is CCC(C)C(N)C(=O)N1CC(=O)C2C1CCN2C(=O)CC(C)CCNC(=O)c1ccc(-c2cccs2)cc1. The van der Waals surface area contributed by atoms with Gasteiger partial charge in [-0.2, -0.15) is 0 Å². The molecule has 3 heterocycles. The van der Waals surface area contributed by atoms with Crippen molar-refractivity contribution in [2.45, 2.75) is 64.6 Å². The van der Waals surface area contributed by atoms with Gasteiger partial charge in [0.1, 0.15) is 6.04 Å². The number of ketones is 1. The average molecular weight is 539 g/mol. The van der Waals surface area contributed by atoms with Gasteiger partial charge in [-0.3, -0.25) is 19.2 Å². The lowest BCUT2D eigenvalue weighted by Crippen LogP contribution is -2.50. The van der Waals surface area contributed by atoms with Crippen molar-refractivity contribution in [3.63, 3.8) is 0 Å². The van der Waals surface area contributed by atoms with E-state index < -0.39 is 12.1 Å². The number of fused-ring (bicyclic) bond motifs is 1. The molecule has 4 rings (SSSR count). The van der Waals surface area contributed by atoms with Gasteiger partial charge in [0.25, 0.3) is 5.91 Å². The van der Waals surface area contributed by atoms with Crippen LogP contribution in [0.25, 0.3) is 10.4 Å². The Bertz CT molecular complexity index is 1150. The van der Waals surface area contributed by atoms with Gasteiger partial charge in [0, 0.05) is 30.0 Å². The number of Topliss-reactive ketones (excluding diaryl/α,β-unsaturated/α-hetero) is 1. The summed E-state index contributed by atoms with van der Waals surface area (Å²) in [7, 11) is 0. The summed E-state index contributed by atoms with van der Waals surface area (Å²) in [6.07, 6.45) is 2.32. The van der Waals surface area contributed by atoms with Gasteiger partial charge in [-0.05, 0) is 53.8 Å². The van der Waals surface area contributed by atoms with E-state index in [4.69, 9.17) is 5.73 Å². The molecule has 2 fully saturated rings. The second-order valence-corrected chi connectivity index (χ2v) is 11.6. The van der Waals surface area contributed by atoms with E-state index in [0.29, 0.717) is 37.9 Å². The molecular weight excluding hydrogens is 500 g/mol. The number of carbonyl (C=O) groups excluding carboxylic acids is 4. The Morgan fingerprint density at radius 2 is 1.87 bits per heavy atom. The van der Waals surface area contributed by atoms with E-state index in [1.807, 2.05) is 62.5 Å². The third kappa shape index (κ3) is 5.99. The first-order valence-corrected chi connectivity index (χ1v) is 14.4. The van der Waals surface area contributed by atoms with Crippen LogP contribution in [-0.2, 0) is 14.4 Å². The van der Waals surface area contributed by atoms with Crippen molar-refractivity contribution in [2.75, 3.05) is 19.6 Å². The average Bonchev–Trinajstić information content (AvgIpc) is 3.66. The van der Waals surface area contributed by atoms with E-state index in [-0.39, 0.29) is 47.9 Å². The zero-order valence-corrected chi connectivity index (χ0v) is 23.2. The van der Waals surface area contributed by atoms with Gasteiger partial charge >= 0.3 is 0 Å². The van der Waals surface area contributed by atoms with Crippen molar-refractivity contribution >= 4 is 34.8 Å². The highest BCUT2D eigenvalue weighted by Gasteiger charge is 2.52. The number of carbonyl (C=O) groups is 4. The predicted octanol–water partition coefficient (Wildman–Crippen LogP) is 3.32. The normalized spacial score (nSPS) is 21.2. The summed E-state index contributed by atoms with van der Waals surface area (Å²) in [4.78, 5) is 55.9. The van der Waals surface area contributed by atoms with E-state index in [0.717, 1.165) is 16.9 Å². The third-order valence-corrected chi connectivity index (χ3v) is 8.89. The van der Waals surface area contributed by atoms with Gasteiger partial charge in [-0.1, -0.05) is 45.4 Å². The van der Waals surface area contributed by atoms with Gasteiger partial charge < -0.3 is 20.9 Å². The largest absolute Gasteiger partial charge is 0.352 e. The predicted molar refractivity (Wildman–Crippen MR) is 149 cm³/mol. The van der Waals surface area contributed by atoms with Crippen LogP contribution in [0.3, 0.4) is 0 Å². The molecule has 1 aromatic heterocycles. The fourth-order valence-corrected chi connectivity index (χ4v) is 6.09. The Balaban J connectivity index is 1.24. The highest BCUT2D eigenvalue weighted by molar-refractivity contribution is 7.13. The summed E-state index contributed by atoms with van der Waals surface area (Å²) in [5.41, 5.74) is 7.84. The Kier molecular flexibility index (Phi) is 8.99. The summed E-state index contributed by atoms with van der Waals surface area (Å²) in [5.74, 6) is -0.427. The van der Waals surface area contributed by atoms with Gasteiger partial charge in [0.15, 0.2) is 5.78 Å². The van der Waals surface area contributed by atoms with Crippen molar-refractivity contribution in [1.82, 2.24) is 15.1 Å². The Hall–Kier alpha value is -3.04. The fraction of sp³-hybridized carbons (Fsp3) is 0.517. The van der Waals surface area contributed by atoms with Crippen molar-refractivity contribution in [3.8, 4) is 10.4 Å². The van der Waals surface area contributed by atoms with E-state index in [2.05, 4.69) is 5.32 Å². The molecule has 3 N–H and O–H groups in total. The van der Waals surface area contributed by atoms with Crippen LogP contribution < -0.4 is 11.1 Å². The summed E-state index contributed by atoms with van der Waals surface area (Å²) in [5, 5.41) is 4.97. The molecule has 1 aromatic carbocycles. The molecule has 2 saturated heterocycles. The van der Waals surface area contributed by atoms with Crippen LogP contribution in [-0.4, -0.2) is 71.1 Å². The number of nitrogens with two attached hydrogens (primary N) is 1. The number of thiophene rings is 1. The molecule has 2 aliphatic rings. The molecule has 204 valence electrons. The minimum atomic E-state index is -0.634. The molecule has 2 aliphatic heterocycles. The number of hydrogen-bond donors (Lipinski definition) is 2. The van der Waals surface area contributed by atoms with Crippen LogP contribution in [0, 0.1) is 11.8 Å². The van der Waals surface area contributed by atoms with Crippen LogP contribution in [0.5, 0.6) is 0 Å². The minimum Gasteiger partial charge on any atom is -0.352 e. The fourth-order valence-electron chi connectivity index (χ4n) is 5.36. The van der Waals surface area contributed by atoms with Gasteiger partial charge in [-0.25, -0.2) is 0 Å². The molecule has 0 saturated carbocycles. The maximum Gasteiger partial charge on any atom is 0.251 e. The topological polar surface area (TPSA) is 113 Å². The maximum absolute atomic E-state index is 13.1. The molecule has 0 bridgehead atoms. The zero-order chi connectivity index (χ0) is 27.4. The monoisotopic (exact) mass is 538 g/mol. The number of nitrogens with one attached hydrogen (secondary N) is 1. The molecule has 38 heavy (non-hydrogen) atoms. The number of amides is 3. The lowest BCUT2D eigenvalue weighted by atomic mass is 9.98. The quantitative estimate of drug-likeness (QED) is 0.482. The molecule has 5 atom stereocenters. The number of hydrogen-bond acceptors (Lipinski definition) is 6. The Morgan fingerprint density at radius 1 is 1.13 bits per heavy atom. The summed E-state index contributed by atoms with van der Waals surface area (Å²) >= 11 is 1.66. The first kappa shape index (κ1) is 28.0. The number of nitrogens with zero attached hydrogens (tertiary/aromatic N) is 2. The van der Waals surface area contributed by atoms with Crippen molar-refractivity contribution in [3.05, 3.63) is 47.3 Å². The molecule has 8 nitrogen and oxygen atoms in total. The molecule has 0 radical (unpaired) electrons. The molecule has 0 spiro atoms. The summed E-state index contributed by atoms with van der Waals surface area (Å²) in [6.45, 7) is 6.85. The molecule has 5 unspecified atom stereocenters. The lowest BCUT2D eigenvalue weighted by Gasteiger charge is -2.28. The van der Waals surface area contributed by atoms with Crippen LogP contribution >= 0.6 is 11.3 Å². The van der Waals surface area contributed by atoms with Crippen LogP contribution in [0.15, 0.2) is 41.8 Å². The minimum absolute atomic E-state index is 0.0258. The van der Waals surface area contributed by atoms with E-state index in [9.17, 15) is 19.2 Å². The first-order chi connectivity index (χ1) is 18.2. The smallest absolute Gasteiger partial charge is 0.251 e. The number of likely N-dealkylation sites (tertiary alicyclic amines) is 2. The molecule has 0 aliphatic carbocycles. The second kappa shape index (κ2) is 12.2. The second-order valence-electron chi connectivity index (χ2n) is 10.6. The zero-order valence-electron chi connectivity index (χ0n) is 22.4. The molecule has 2 aromatic rings. The maximum atomic E-state index is 13.1. The van der Waals surface area contributed by atoms with Crippen molar-refractivity contribution < 1.29 is 19.2 Å². The number of rotatable bonds is 10. The van der Waals surface area contributed by atoms with Crippen LogP contribution in [0.2, 0.25) is 0 Å². The first-order valence-electron chi connectivity index (χ1n) is 13.5. The lowest BCUT2D eigenvalue weighted by molar-refractivity contribution is -0.137. The number of benzene rings is 1. The van der Waals surface area contributed by atoms with Crippen LogP contribution in [0.1, 0.15) is 56.8 Å². The molecule has 3 amide bonds. The third-order valence-electron chi connectivity index (χ3n) is 7.97. The summed E-state index contributed by atoms with van der Waals surface area (Å²) in [6, 6.07) is 10.1. The Labute approximate surface area is 228 Å².